The lowest BCUT2D eigenvalue weighted by molar-refractivity contribution is -0.208. The molecule has 0 aliphatic rings. The third-order valence-corrected chi connectivity index (χ3v) is 6.69. The van der Waals surface area contributed by atoms with Gasteiger partial charge in [0.05, 0.1) is 32.7 Å². The lowest BCUT2D eigenvalue weighted by Gasteiger charge is -2.20. The molecule has 0 bridgehead atoms. The lowest BCUT2D eigenvalue weighted by Crippen LogP contribution is -2.46. The van der Waals surface area contributed by atoms with E-state index in [1.807, 2.05) is 0 Å². The number of nitrogens with one attached hydrogen (secondary N) is 2. The second kappa shape index (κ2) is 14.4. The fourth-order valence-corrected chi connectivity index (χ4v) is 4.15. The summed E-state index contributed by atoms with van der Waals surface area (Å²) in [6.45, 7) is 5.63. The summed E-state index contributed by atoms with van der Waals surface area (Å²) in [5, 5.41) is 18.8. The van der Waals surface area contributed by atoms with Crippen molar-refractivity contribution in [2.75, 3.05) is 14.2 Å². The standard InChI is InChI=1S/C29H34F3N5O8/c1-14(2)22(27(41)43-5)34-24(39)19-11-18(36-37(19)13-21(38)29(30,31)32)16-8-7-9-17(10-16)26-33-12-20(45-26)25(40)35-23(15(3)4)28(42)44-6/h7-12,14-15,21-23,38H,13H2,1-6H3,(H,34,39)(H,35,40)/t21?,22-,23?/m0/s1. The minimum atomic E-state index is -4.99. The highest BCUT2D eigenvalue weighted by molar-refractivity contribution is 5.97. The number of aliphatic hydroxyl groups is 1. The van der Waals surface area contributed by atoms with Gasteiger partial charge in [-0.2, -0.15) is 18.3 Å². The second-order valence-electron chi connectivity index (χ2n) is 10.7. The number of benzene rings is 1. The van der Waals surface area contributed by atoms with Gasteiger partial charge in [0.15, 0.2) is 6.10 Å². The molecule has 2 unspecified atom stereocenters. The van der Waals surface area contributed by atoms with E-state index in [1.54, 1.807) is 45.9 Å². The van der Waals surface area contributed by atoms with Crippen LogP contribution in [0.5, 0.6) is 0 Å². The molecule has 2 heterocycles. The van der Waals surface area contributed by atoms with Gasteiger partial charge < -0.3 is 29.6 Å². The number of amides is 2. The summed E-state index contributed by atoms with van der Waals surface area (Å²) in [6, 6.07) is 5.40. The smallest absolute Gasteiger partial charge is 0.416 e. The van der Waals surface area contributed by atoms with Crippen LogP contribution >= 0.6 is 0 Å². The number of oxazole rings is 1. The molecule has 0 fully saturated rings. The van der Waals surface area contributed by atoms with Gasteiger partial charge in [-0.05, 0) is 30.0 Å². The van der Waals surface area contributed by atoms with Crippen molar-refractivity contribution in [3.63, 3.8) is 0 Å². The van der Waals surface area contributed by atoms with Crippen molar-refractivity contribution in [1.29, 1.82) is 0 Å². The highest BCUT2D eigenvalue weighted by Gasteiger charge is 2.39. The predicted octanol–water partition coefficient (Wildman–Crippen LogP) is 2.98. The number of nitrogens with zero attached hydrogens (tertiary/aromatic N) is 3. The van der Waals surface area contributed by atoms with Crippen molar-refractivity contribution in [3.8, 4) is 22.7 Å². The molecule has 2 amide bonds. The first-order valence-corrected chi connectivity index (χ1v) is 13.7. The zero-order chi connectivity index (χ0) is 33.6. The molecule has 3 atom stereocenters. The van der Waals surface area contributed by atoms with E-state index in [0.717, 1.165) is 13.3 Å². The van der Waals surface area contributed by atoms with E-state index in [2.05, 4.69) is 20.7 Å². The van der Waals surface area contributed by atoms with Crippen LogP contribution in [-0.2, 0) is 25.6 Å². The summed E-state index contributed by atoms with van der Waals surface area (Å²) < 4.78 is 55.4. The number of alkyl halides is 3. The Balaban J connectivity index is 1.95. The van der Waals surface area contributed by atoms with E-state index in [0.29, 0.717) is 15.8 Å². The number of aliphatic hydroxyl groups excluding tert-OH is 1. The Kier molecular flexibility index (Phi) is 11.1. The molecular formula is C29H34F3N5O8. The zero-order valence-electron chi connectivity index (χ0n) is 25.3. The Labute approximate surface area is 256 Å². The minimum absolute atomic E-state index is 0.00362. The van der Waals surface area contributed by atoms with Gasteiger partial charge in [-0.25, -0.2) is 14.6 Å². The average Bonchev–Trinajstić information content (AvgIpc) is 3.65. The molecule has 13 nitrogen and oxygen atoms in total. The monoisotopic (exact) mass is 637 g/mol. The average molecular weight is 638 g/mol. The molecule has 3 rings (SSSR count). The van der Waals surface area contributed by atoms with Crippen molar-refractivity contribution in [2.24, 2.45) is 11.8 Å². The Morgan fingerprint density at radius 1 is 0.933 bits per heavy atom. The normalized spacial score (nSPS) is 13.7. The molecule has 3 aromatic rings. The van der Waals surface area contributed by atoms with Crippen LogP contribution in [-0.4, -0.2) is 82.2 Å². The SMILES string of the molecule is COC(=O)C(NC(=O)c1cnc(-c2cccc(-c3cc(C(=O)N[C@H](C(=O)OC)C(C)C)n(CC(O)C(F)(F)F)n3)c2)o1)C(C)C. The summed E-state index contributed by atoms with van der Waals surface area (Å²) in [7, 11) is 2.33. The van der Waals surface area contributed by atoms with Crippen LogP contribution < -0.4 is 10.6 Å². The molecular weight excluding hydrogens is 603 g/mol. The maximum atomic E-state index is 13.2. The first-order valence-electron chi connectivity index (χ1n) is 13.7. The molecule has 16 heteroatoms. The Morgan fingerprint density at radius 2 is 1.49 bits per heavy atom. The molecule has 0 aliphatic heterocycles. The van der Waals surface area contributed by atoms with Crippen LogP contribution in [0, 0.1) is 11.8 Å². The van der Waals surface area contributed by atoms with Crippen LogP contribution in [0.4, 0.5) is 13.2 Å². The number of carbonyl (C=O) groups is 4. The first-order chi connectivity index (χ1) is 21.1. The van der Waals surface area contributed by atoms with Crippen molar-refractivity contribution in [1.82, 2.24) is 25.4 Å². The molecule has 0 saturated heterocycles. The third kappa shape index (κ3) is 8.47. The van der Waals surface area contributed by atoms with Gasteiger partial charge in [0.2, 0.25) is 11.7 Å². The third-order valence-electron chi connectivity index (χ3n) is 6.69. The van der Waals surface area contributed by atoms with Gasteiger partial charge in [-0.1, -0.05) is 39.8 Å². The number of hydrogen-bond acceptors (Lipinski definition) is 10. The zero-order valence-corrected chi connectivity index (χ0v) is 25.3. The molecule has 244 valence electrons. The molecule has 1 aromatic carbocycles. The Morgan fingerprint density at radius 3 is 2.02 bits per heavy atom. The fraction of sp³-hybridized carbons (Fsp3) is 0.448. The van der Waals surface area contributed by atoms with Crippen LogP contribution in [0.15, 0.2) is 40.9 Å². The van der Waals surface area contributed by atoms with E-state index in [4.69, 9.17) is 13.9 Å². The lowest BCUT2D eigenvalue weighted by atomic mass is 10.0. The fourth-order valence-electron chi connectivity index (χ4n) is 4.15. The van der Waals surface area contributed by atoms with Crippen LogP contribution in [0.1, 0.15) is 48.7 Å². The van der Waals surface area contributed by atoms with Gasteiger partial charge in [-0.15, -0.1) is 0 Å². The van der Waals surface area contributed by atoms with E-state index in [-0.39, 0.29) is 29.0 Å². The van der Waals surface area contributed by atoms with Gasteiger partial charge in [-0.3, -0.25) is 14.3 Å². The van der Waals surface area contributed by atoms with Crippen molar-refractivity contribution >= 4 is 23.8 Å². The van der Waals surface area contributed by atoms with Crippen LogP contribution in [0.25, 0.3) is 22.7 Å². The molecule has 0 aliphatic carbocycles. The van der Waals surface area contributed by atoms with Gasteiger partial charge >= 0.3 is 18.1 Å². The second-order valence-corrected chi connectivity index (χ2v) is 10.7. The van der Waals surface area contributed by atoms with Crippen LogP contribution in [0.3, 0.4) is 0 Å². The number of halogens is 3. The molecule has 0 radical (unpaired) electrons. The molecule has 0 saturated carbocycles. The number of rotatable bonds is 12. The van der Waals surface area contributed by atoms with E-state index < -0.39 is 60.6 Å². The highest BCUT2D eigenvalue weighted by atomic mass is 19.4. The number of hydrogen-bond donors (Lipinski definition) is 3. The summed E-state index contributed by atoms with van der Waals surface area (Å²) in [6.07, 6.45) is -6.67. The molecule has 3 N–H and O–H groups in total. The number of esters is 2. The molecule has 2 aromatic heterocycles. The summed E-state index contributed by atoms with van der Waals surface area (Å²) in [4.78, 5) is 54.2. The molecule has 45 heavy (non-hydrogen) atoms. The van der Waals surface area contributed by atoms with Gasteiger partial charge in [0, 0.05) is 11.1 Å². The Hall–Kier alpha value is -4.73. The quantitative estimate of drug-likeness (QED) is 0.251. The van der Waals surface area contributed by atoms with E-state index in [9.17, 15) is 37.5 Å². The maximum Gasteiger partial charge on any atom is 0.416 e. The number of aromatic nitrogens is 3. The summed E-state index contributed by atoms with van der Waals surface area (Å²) >= 11 is 0. The highest BCUT2D eigenvalue weighted by Crippen LogP contribution is 2.28. The minimum Gasteiger partial charge on any atom is -0.467 e. The number of ether oxygens (including phenoxy) is 2. The van der Waals surface area contributed by atoms with Gasteiger partial charge in [0.25, 0.3) is 11.8 Å². The summed E-state index contributed by atoms with van der Waals surface area (Å²) in [5.74, 6) is -3.90. The Bertz CT molecular complexity index is 1530. The predicted molar refractivity (Wildman–Crippen MR) is 151 cm³/mol. The topological polar surface area (TPSA) is 175 Å². The maximum absolute atomic E-state index is 13.2. The van der Waals surface area contributed by atoms with Crippen molar-refractivity contribution < 1.29 is 51.3 Å². The van der Waals surface area contributed by atoms with Crippen molar-refractivity contribution in [2.45, 2.75) is 58.6 Å². The van der Waals surface area contributed by atoms with E-state index >= 15 is 0 Å². The largest absolute Gasteiger partial charge is 0.467 e. The van der Waals surface area contributed by atoms with Crippen LogP contribution in [0.2, 0.25) is 0 Å². The molecule has 0 spiro atoms. The number of carbonyl (C=O) groups excluding carboxylic acids is 4. The van der Waals surface area contributed by atoms with Gasteiger partial charge in [0.1, 0.15) is 17.8 Å². The summed E-state index contributed by atoms with van der Waals surface area (Å²) in [5.41, 5.74) is 0.373. The van der Waals surface area contributed by atoms with E-state index in [1.165, 1.54) is 19.2 Å². The first kappa shape index (κ1) is 34.8. The number of methoxy groups -OCH3 is 2. The van der Waals surface area contributed by atoms with Crippen molar-refractivity contribution in [3.05, 3.63) is 48.0 Å².